The van der Waals surface area contributed by atoms with Gasteiger partial charge in [0.15, 0.2) is 0 Å². The number of nitrogens with one attached hydrogen (secondary N) is 1. The van der Waals surface area contributed by atoms with Crippen molar-refractivity contribution in [3.05, 3.63) is 146 Å². The molecule has 0 aromatic carbocycles. The molecule has 1 amide bonds. The lowest BCUT2D eigenvalue weighted by molar-refractivity contribution is -0.123. The van der Waals surface area contributed by atoms with E-state index >= 15 is 0 Å². The lowest BCUT2D eigenvalue weighted by Gasteiger charge is -2.19. The zero-order chi connectivity index (χ0) is 50.6. The third kappa shape index (κ3) is 55.2. The van der Waals surface area contributed by atoms with Crippen LogP contribution in [0.1, 0.15) is 245 Å². The summed E-state index contributed by atoms with van der Waals surface area (Å²) in [6.07, 6.45) is 94.4. The number of aliphatic hydroxyl groups excluding tert-OH is 2. The van der Waals surface area contributed by atoms with Gasteiger partial charge in [0.05, 0.1) is 18.8 Å². The predicted octanol–water partition coefficient (Wildman–Crippen LogP) is 19.6. The third-order valence-corrected chi connectivity index (χ3v) is 12.3. The molecule has 396 valence electrons. The molecule has 0 bridgehead atoms. The van der Waals surface area contributed by atoms with E-state index in [9.17, 15) is 15.0 Å². The van der Waals surface area contributed by atoms with Crippen LogP contribution < -0.4 is 5.32 Å². The summed E-state index contributed by atoms with van der Waals surface area (Å²) in [5, 5.41) is 23.1. The van der Waals surface area contributed by atoms with Gasteiger partial charge in [0, 0.05) is 6.42 Å². The van der Waals surface area contributed by atoms with Gasteiger partial charge in [0.2, 0.25) is 5.91 Å². The van der Waals surface area contributed by atoms with Crippen LogP contribution in [0.25, 0.3) is 0 Å². The average molecular weight is 965 g/mol. The molecule has 0 saturated carbocycles. The van der Waals surface area contributed by atoms with Gasteiger partial charge in [-0.15, -0.1) is 0 Å². The Morgan fingerprint density at radius 2 is 0.643 bits per heavy atom. The number of allylic oxidation sites excluding steroid dienone is 23. The SMILES string of the molecule is CC/C=C\C/C=C\C/C=C\C/C=C\C/C=C\C/C=C\C/C=C\C/C=C\C/C=C\C/C=C\CCCCC(=O)NC(CO)C(O)/C=C/CC/C=C/CCCCCCCCCCCCCCCCCCCCC. The summed E-state index contributed by atoms with van der Waals surface area (Å²) in [7, 11) is 0. The van der Waals surface area contributed by atoms with Crippen molar-refractivity contribution in [3.63, 3.8) is 0 Å². The summed E-state index contributed by atoms with van der Waals surface area (Å²) in [5.74, 6) is -0.121. The molecule has 0 aromatic heterocycles. The van der Waals surface area contributed by atoms with Gasteiger partial charge in [-0.25, -0.2) is 0 Å². The van der Waals surface area contributed by atoms with E-state index in [1.165, 1.54) is 122 Å². The second kappa shape index (κ2) is 59.6. The van der Waals surface area contributed by atoms with E-state index in [2.05, 4.69) is 153 Å². The Labute approximate surface area is 433 Å². The van der Waals surface area contributed by atoms with Crippen LogP contribution in [0.4, 0.5) is 0 Å². The zero-order valence-corrected chi connectivity index (χ0v) is 45.5. The van der Waals surface area contributed by atoms with Crippen molar-refractivity contribution < 1.29 is 15.0 Å². The van der Waals surface area contributed by atoms with E-state index in [4.69, 9.17) is 0 Å². The first-order valence-corrected chi connectivity index (χ1v) is 29.0. The van der Waals surface area contributed by atoms with E-state index in [0.29, 0.717) is 6.42 Å². The Hall–Kier alpha value is -3.73. The molecule has 0 aromatic rings. The lowest BCUT2D eigenvalue weighted by Crippen LogP contribution is -2.45. The number of rotatable bonds is 51. The van der Waals surface area contributed by atoms with Crippen molar-refractivity contribution in [1.29, 1.82) is 0 Å². The summed E-state index contributed by atoms with van der Waals surface area (Å²) in [6, 6.07) is -0.675. The normalized spacial score (nSPS) is 13.9. The zero-order valence-electron chi connectivity index (χ0n) is 45.5. The minimum atomic E-state index is -0.893. The van der Waals surface area contributed by atoms with Crippen LogP contribution in [0.3, 0.4) is 0 Å². The van der Waals surface area contributed by atoms with Crippen molar-refractivity contribution in [3.8, 4) is 0 Å². The van der Waals surface area contributed by atoms with Gasteiger partial charge in [-0.2, -0.15) is 0 Å². The van der Waals surface area contributed by atoms with Crippen molar-refractivity contribution in [2.45, 2.75) is 257 Å². The molecular formula is C66H109NO3. The van der Waals surface area contributed by atoms with Crippen molar-refractivity contribution >= 4 is 5.91 Å². The van der Waals surface area contributed by atoms with Gasteiger partial charge in [0.25, 0.3) is 0 Å². The van der Waals surface area contributed by atoms with E-state index in [-0.39, 0.29) is 12.5 Å². The highest BCUT2D eigenvalue weighted by Gasteiger charge is 2.17. The number of aliphatic hydroxyl groups is 2. The second-order valence-corrected chi connectivity index (χ2v) is 19.0. The van der Waals surface area contributed by atoms with Crippen LogP contribution in [-0.2, 0) is 4.79 Å². The van der Waals surface area contributed by atoms with Crippen LogP contribution >= 0.6 is 0 Å². The maximum absolute atomic E-state index is 12.5. The first kappa shape index (κ1) is 66.3. The molecule has 0 aliphatic heterocycles. The van der Waals surface area contributed by atoms with Gasteiger partial charge in [-0.1, -0.05) is 275 Å². The third-order valence-electron chi connectivity index (χ3n) is 12.3. The molecule has 0 saturated heterocycles. The quantitative estimate of drug-likeness (QED) is 0.0420. The van der Waals surface area contributed by atoms with E-state index in [1.807, 2.05) is 6.08 Å². The molecule has 0 heterocycles. The highest BCUT2D eigenvalue weighted by Crippen LogP contribution is 2.15. The maximum atomic E-state index is 12.5. The largest absolute Gasteiger partial charge is 0.394 e. The van der Waals surface area contributed by atoms with Crippen molar-refractivity contribution in [2.24, 2.45) is 0 Å². The summed E-state index contributed by atoms with van der Waals surface area (Å²) >= 11 is 0. The number of hydrogen-bond donors (Lipinski definition) is 3. The molecule has 4 heteroatoms. The van der Waals surface area contributed by atoms with Crippen LogP contribution in [0.15, 0.2) is 146 Å². The molecule has 0 rings (SSSR count). The first-order chi connectivity index (χ1) is 34.7. The van der Waals surface area contributed by atoms with Gasteiger partial charge in [0.1, 0.15) is 0 Å². The summed E-state index contributed by atoms with van der Waals surface area (Å²) in [5.41, 5.74) is 0. The number of carbonyl (C=O) groups is 1. The minimum absolute atomic E-state index is 0.121. The van der Waals surface area contributed by atoms with E-state index in [1.54, 1.807) is 6.08 Å². The Morgan fingerprint density at radius 1 is 0.357 bits per heavy atom. The molecule has 2 atom stereocenters. The summed E-state index contributed by atoms with van der Waals surface area (Å²) in [4.78, 5) is 12.5. The smallest absolute Gasteiger partial charge is 0.220 e. The number of amides is 1. The monoisotopic (exact) mass is 964 g/mol. The highest BCUT2D eigenvalue weighted by molar-refractivity contribution is 5.76. The molecular weight excluding hydrogens is 855 g/mol. The van der Waals surface area contributed by atoms with Gasteiger partial charge >= 0.3 is 0 Å². The molecule has 0 spiro atoms. The van der Waals surface area contributed by atoms with E-state index in [0.717, 1.165) is 103 Å². The Morgan fingerprint density at radius 3 is 1.00 bits per heavy atom. The fraction of sp³-hybridized carbons (Fsp3) is 0.621. The number of unbranched alkanes of at least 4 members (excludes halogenated alkanes) is 22. The Kier molecular flexibility index (Phi) is 56.4. The van der Waals surface area contributed by atoms with E-state index < -0.39 is 12.1 Å². The summed E-state index contributed by atoms with van der Waals surface area (Å²) in [6.45, 7) is 4.17. The van der Waals surface area contributed by atoms with Crippen LogP contribution in [0, 0.1) is 0 Å². The van der Waals surface area contributed by atoms with Gasteiger partial charge < -0.3 is 15.5 Å². The van der Waals surface area contributed by atoms with Crippen LogP contribution in [-0.4, -0.2) is 34.9 Å². The molecule has 0 fully saturated rings. The molecule has 3 N–H and O–H groups in total. The minimum Gasteiger partial charge on any atom is -0.394 e. The molecule has 4 nitrogen and oxygen atoms in total. The highest BCUT2D eigenvalue weighted by atomic mass is 16.3. The maximum Gasteiger partial charge on any atom is 0.220 e. The average Bonchev–Trinajstić information content (AvgIpc) is 3.36. The topological polar surface area (TPSA) is 69.6 Å². The Balaban J connectivity index is 3.72. The predicted molar refractivity (Wildman–Crippen MR) is 312 cm³/mol. The molecule has 2 unspecified atom stereocenters. The summed E-state index contributed by atoms with van der Waals surface area (Å²) < 4.78 is 0. The fourth-order valence-electron chi connectivity index (χ4n) is 7.93. The van der Waals surface area contributed by atoms with Crippen LogP contribution in [0.2, 0.25) is 0 Å². The van der Waals surface area contributed by atoms with Crippen molar-refractivity contribution in [2.75, 3.05) is 6.61 Å². The second-order valence-electron chi connectivity index (χ2n) is 19.0. The van der Waals surface area contributed by atoms with Gasteiger partial charge in [-0.3, -0.25) is 4.79 Å². The van der Waals surface area contributed by atoms with Gasteiger partial charge in [-0.05, 0) is 109 Å². The van der Waals surface area contributed by atoms with Crippen molar-refractivity contribution in [1.82, 2.24) is 5.32 Å². The Bertz CT molecular complexity index is 1470. The number of carbonyl (C=O) groups excluding carboxylic acids is 1. The lowest BCUT2D eigenvalue weighted by atomic mass is 10.0. The van der Waals surface area contributed by atoms with Crippen LogP contribution in [0.5, 0.6) is 0 Å². The fourth-order valence-corrected chi connectivity index (χ4v) is 7.93. The standard InChI is InChI=1S/C66H109NO3/c1-3-5-7-9-11-13-15-17-19-21-23-25-27-29-30-31-32-33-34-35-36-38-40-42-44-46-48-50-52-54-56-58-60-62-66(70)67-64(63-68)65(69)61-59-57-55-53-51-49-47-45-43-41-39-37-28-26-24-22-20-18-16-14-12-10-8-6-4-2/h5,7,11,13,17,19,23,25,29-30,32-33,35-36,40,42,46,48,51-54,59,61,64-65,68-69H,3-4,6,8-10,12,14-16,18,20-22,24,26-28,31,34,37-39,41,43-45,47,49-50,55-58,60,62-63H2,1-2H3,(H,67,70)/b7-5-,13-11-,19-17-,25-23-,30-29-,33-32-,36-35-,42-40-,48-46-,53-51+,54-52-,61-59+. The number of hydrogen-bond acceptors (Lipinski definition) is 3. The first-order valence-electron chi connectivity index (χ1n) is 29.0. The molecule has 0 aliphatic carbocycles. The molecule has 70 heavy (non-hydrogen) atoms. The molecule has 0 aliphatic rings. The molecule has 0 radical (unpaired) electrons.